The molecule has 2 nitrogen and oxygen atoms in total. The molecule has 2 aromatic rings. The van der Waals surface area contributed by atoms with Gasteiger partial charge in [-0.1, -0.05) is 6.92 Å². The van der Waals surface area contributed by atoms with Crippen molar-refractivity contribution in [1.82, 2.24) is 4.98 Å². The minimum Gasteiger partial charge on any atom is -0.378 e. The van der Waals surface area contributed by atoms with Gasteiger partial charge in [0, 0.05) is 36.9 Å². The number of aryl methyl sites for hydroxylation is 1. The highest BCUT2D eigenvalue weighted by Gasteiger charge is 2.03. The molecule has 2 heteroatoms. The van der Waals surface area contributed by atoms with Gasteiger partial charge in [-0.05, 0) is 30.2 Å². The lowest BCUT2D eigenvalue weighted by Crippen LogP contribution is -2.07. The summed E-state index contributed by atoms with van der Waals surface area (Å²) in [7, 11) is 4.14. The van der Waals surface area contributed by atoms with Crippen molar-refractivity contribution in [2.24, 2.45) is 0 Å². The summed E-state index contributed by atoms with van der Waals surface area (Å²) in [6, 6.07) is 6.52. The van der Waals surface area contributed by atoms with Gasteiger partial charge in [-0.15, -0.1) is 0 Å². The Balaban J connectivity index is 2.61. The van der Waals surface area contributed by atoms with E-state index in [1.807, 2.05) is 0 Å². The molecule has 2 rings (SSSR count). The lowest BCUT2D eigenvalue weighted by molar-refractivity contribution is 1.13. The second-order valence-electron chi connectivity index (χ2n) is 3.79. The van der Waals surface area contributed by atoms with E-state index in [1.54, 1.807) is 0 Å². The van der Waals surface area contributed by atoms with Gasteiger partial charge in [0.2, 0.25) is 0 Å². The van der Waals surface area contributed by atoms with Crippen LogP contribution in [0.5, 0.6) is 0 Å². The number of nitrogens with one attached hydrogen (secondary N) is 1. The van der Waals surface area contributed by atoms with Crippen LogP contribution < -0.4 is 4.90 Å². The predicted octanol–water partition coefficient (Wildman–Crippen LogP) is 2.80. The first-order valence-electron chi connectivity index (χ1n) is 4.99. The van der Waals surface area contributed by atoms with Crippen LogP contribution in [-0.4, -0.2) is 19.1 Å². The number of H-pyrrole nitrogens is 1. The van der Waals surface area contributed by atoms with Gasteiger partial charge in [0.15, 0.2) is 0 Å². The second-order valence-corrected chi connectivity index (χ2v) is 3.79. The SMILES string of the molecule is CCc1c[nH]c2ccc(N(C)C)cc12. The van der Waals surface area contributed by atoms with E-state index < -0.39 is 0 Å². The summed E-state index contributed by atoms with van der Waals surface area (Å²) in [6.07, 6.45) is 3.18. The third-order valence-corrected chi connectivity index (χ3v) is 2.65. The molecule has 1 heterocycles. The van der Waals surface area contributed by atoms with Gasteiger partial charge in [-0.25, -0.2) is 0 Å². The van der Waals surface area contributed by atoms with Crippen LogP contribution in [0.4, 0.5) is 5.69 Å². The number of rotatable bonds is 2. The Labute approximate surface area is 84.5 Å². The summed E-state index contributed by atoms with van der Waals surface area (Å²) < 4.78 is 0. The lowest BCUT2D eigenvalue weighted by Gasteiger charge is -2.12. The summed E-state index contributed by atoms with van der Waals surface area (Å²) in [4.78, 5) is 5.42. The van der Waals surface area contributed by atoms with Crippen molar-refractivity contribution in [3.8, 4) is 0 Å². The highest BCUT2D eigenvalue weighted by atomic mass is 15.1. The first-order valence-corrected chi connectivity index (χ1v) is 4.99. The lowest BCUT2D eigenvalue weighted by atomic mass is 10.1. The van der Waals surface area contributed by atoms with Crippen LogP contribution in [0.25, 0.3) is 10.9 Å². The van der Waals surface area contributed by atoms with Crippen LogP contribution in [-0.2, 0) is 6.42 Å². The van der Waals surface area contributed by atoms with Crippen molar-refractivity contribution in [2.45, 2.75) is 13.3 Å². The number of aromatic nitrogens is 1. The van der Waals surface area contributed by atoms with Crippen LogP contribution >= 0.6 is 0 Å². The summed E-state index contributed by atoms with van der Waals surface area (Å²) in [5.74, 6) is 0. The fraction of sp³-hybridized carbons (Fsp3) is 0.333. The van der Waals surface area contributed by atoms with Crippen molar-refractivity contribution in [2.75, 3.05) is 19.0 Å². The highest BCUT2D eigenvalue weighted by molar-refractivity contribution is 5.86. The molecule has 0 fully saturated rings. The Morgan fingerprint density at radius 1 is 1.29 bits per heavy atom. The number of anilines is 1. The monoisotopic (exact) mass is 188 g/mol. The standard InChI is InChI=1S/C12H16N2/c1-4-9-8-13-12-6-5-10(14(2)3)7-11(9)12/h5-8,13H,4H2,1-3H3. The Morgan fingerprint density at radius 3 is 2.71 bits per heavy atom. The molecular formula is C12H16N2. The summed E-state index contributed by atoms with van der Waals surface area (Å²) in [5.41, 5.74) is 3.88. The molecule has 0 radical (unpaired) electrons. The van der Waals surface area contributed by atoms with Gasteiger partial charge in [0.25, 0.3) is 0 Å². The molecule has 0 amide bonds. The van der Waals surface area contributed by atoms with E-state index in [0.717, 1.165) is 6.42 Å². The average Bonchev–Trinajstić information content (AvgIpc) is 2.59. The van der Waals surface area contributed by atoms with Gasteiger partial charge in [-0.2, -0.15) is 0 Å². The van der Waals surface area contributed by atoms with Crippen LogP contribution in [0.3, 0.4) is 0 Å². The molecule has 0 bridgehead atoms. The van der Waals surface area contributed by atoms with Crippen LogP contribution in [0.2, 0.25) is 0 Å². The third kappa shape index (κ3) is 1.37. The molecule has 1 aromatic carbocycles. The normalized spacial score (nSPS) is 10.8. The molecule has 0 atom stereocenters. The quantitative estimate of drug-likeness (QED) is 0.767. The number of aromatic amines is 1. The van der Waals surface area contributed by atoms with Crippen molar-refractivity contribution >= 4 is 16.6 Å². The Morgan fingerprint density at radius 2 is 2.07 bits per heavy atom. The van der Waals surface area contributed by atoms with E-state index in [1.165, 1.54) is 22.2 Å². The number of nitrogens with zero attached hydrogens (tertiary/aromatic N) is 1. The summed E-state index contributed by atoms with van der Waals surface area (Å²) in [5, 5.41) is 1.35. The minimum atomic E-state index is 1.08. The molecule has 1 N–H and O–H groups in total. The van der Waals surface area contributed by atoms with Crippen LogP contribution in [0.15, 0.2) is 24.4 Å². The number of hydrogen-bond donors (Lipinski definition) is 1. The zero-order valence-electron chi connectivity index (χ0n) is 8.96. The molecule has 0 spiro atoms. The molecule has 14 heavy (non-hydrogen) atoms. The Hall–Kier alpha value is -1.44. The van der Waals surface area contributed by atoms with Crippen LogP contribution in [0, 0.1) is 0 Å². The Bertz CT molecular complexity index is 441. The summed E-state index contributed by atoms with van der Waals surface area (Å²) in [6.45, 7) is 2.19. The van der Waals surface area contributed by atoms with Crippen molar-refractivity contribution in [3.05, 3.63) is 30.0 Å². The second kappa shape index (κ2) is 3.37. The van der Waals surface area contributed by atoms with Gasteiger partial charge >= 0.3 is 0 Å². The maximum absolute atomic E-state index is 3.29. The van der Waals surface area contributed by atoms with Crippen molar-refractivity contribution in [1.29, 1.82) is 0 Å². The van der Waals surface area contributed by atoms with Crippen molar-refractivity contribution in [3.63, 3.8) is 0 Å². The van der Waals surface area contributed by atoms with Gasteiger partial charge in [0.05, 0.1) is 0 Å². The zero-order valence-corrected chi connectivity index (χ0v) is 8.96. The van der Waals surface area contributed by atoms with Crippen LogP contribution in [0.1, 0.15) is 12.5 Å². The molecule has 74 valence electrons. The third-order valence-electron chi connectivity index (χ3n) is 2.65. The Kier molecular flexibility index (Phi) is 2.20. The van der Waals surface area contributed by atoms with E-state index in [0.29, 0.717) is 0 Å². The fourth-order valence-electron chi connectivity index (χ4n) is 1.74. The molecule has 0 aliphatic carbocycles. The molecular weight excluding hydrogens is 172 g/mol. The smallest absolute Gasteiger partial charge is 0.0458 e. The molecule has 1 aromatic heterocycles. The first kappa shape index (κ1) is 9.13. The number of hydrogen-bond acceptors (Lipinski definition) is 1. The van der Waals surface area contributed by atoms with E-state index in [4.69, 9.17) is 0 Å². The molecule has 0 aliphatic heterocycles. The van der Waals surface area contributed by atoms with Gasteiger partial charge in [-0.3, -0.25) is 0 Å². The van der Waals surface area contributed by atoms with Crippen molar-refractivity contribution < 1.29 is 0 Å². The molecule has 0 saturated heterocycles. The fourth-order valence-corrected chi connectivity index (χ4v) is 1.74. The highest BCUT2D eigenvalue weighted by Crippen LogP contribution is 2.23. The van der Waals surface area contributed by atoms with E-state index in [-0.39, 0.29) is 0 Å². The number of benzene rings is 1. The topological polar surface area (TPSA) is 19.0 Å². The average molecular weight is 188 g/mol. The van der Waals surface area contributed by atoms with E-state index in [9.17, 15) is 0 Å². The maximum Gasteiger partial charge on any atom is 0.0458 e. The van der Waals surface area contributed by atoms with E-state index >= 15 is 0 Å². The molecule has 0 saturated carbocycles. The number of fused-ring (bicyclic) bond motifs is 1. The zero-order chi connectivity index (χ0) is 10.1. The largest absolute Gasteiger partial charge is 0.378 e. The minimum absolute atomic E-state index is 1.08. The molecule has 0 aliphatic rings. The maximum atomic E-state index is 3.29. The predicted molar refractivity (Wildman–Crippen MR) is 62.0 cm³/mol. The van der Waals surface area contributed by atoms with Gasteiger partial charge in [0.1, 0.15) is 0 Å². The summed E-state index contributed by atoms with van der Waals surface area (Å²) >= 11 is 0. The first-order chi connectivity index (χ1) is 6.72. The van der Waals surface area contributed by atoms with E-state index in [2.05, 4.69) is 55.3 Å². The molecule has 0 unspecified atom stereocenters. The van der Waals surface area contributed by atoms with Gasteiger partial charge < -0.3 is 9.88 Å².